The average Bonchev–Trinajstić information content (AvgIpc) is 2.46. The fraction of sp³-hybridized carbons (Fsp3) is 0.533. The van der Waals surface area contributed by atoms with Gasteiger partial charge in [-0.2, -0.15) is 0 Å². The summed E-state index contributed by atoms with van der Waals surface area (Å²) in [6.07, 6.45) is 2.36. The van der Waals surface area contributed by atoms with E-state index < -0.39 is 6.09 Å². The molecular weight excluding hydrogens is 272 g/mol. The number of hydrogen-bond acceptors (Lipinski definition) is 4. The molecule has 114 valence electrons. The van der Waals surface area contributed by atoms with Gasteiger partial charge in [-0.3, -0.25) is 9.69 Å². The third-order valence-corrected chi connectivity index (χ3v) is 3.45. The zero-order chi connectivity index (χ0) is 15.2. The maximum absolute atomic E-state index is 11.3. The smallest absolute Gasteiger partial charge is 0.413 e. The first-order valence-electron chi connectivity index (χ1n) is 7.26. The molecule has 0 aromatic carbocycles. The van der Waals surface area contributed by atoms with Crippen molar-refractivity contribution in [1.82, 2.24) is 4.98 Å². The third kappa shape index (κ3) is 3.93. The van der Waals surface area contributed by atoms with Crippen molar-refractivity contribution in [2.24, 2.45) is 0 Å². The highest BCUT2D eigenvalue weighted by Gasteiger charge is 2.23. The molecule has 2 heterocycles. The van der Waals surface area contributed by atoms with Gasteiger partial charge in [0.25, 0.3) is 0 Å². The van der Waals surface area contributed by atoms with Gasteiger partial charge in [-0.15, -0.1) is 0 Å². The molecule has 1 N–H and O–H groups in total. The van der Waals surface area contributed by atoms with Gasteiger partial charge in [0.05, 0.1) is 6.61 Å². The molecule has 1 aromatic rings. The normalized spacial score (nSPS) is 13.7. The van der Waals surface area contributed by atoms with Gasteiger partial charge in [0.15, 0.2) is 0 Å². The van der Waals surface area contributed by atoms with Crippen molar-refractivity contribution in [3.63, 3.8) is 0 Å². The summed E-state index contributed by atoms with van der Waals surface area (Å²) in [6.45, 7) is 2.66. The van der Waals surface area contributed by atoms with Crippen LogP contribution in [0.4, 0.5) is 10.6 Å². The molecule has 1 amide bonds. The molecule has 6 heteroatoms. The molecule has 0 radical (unpaired) electrons. The number of carbonyl (C=O) groups excluding carboxylic acids is 1. The van der Waals surface area contributed by atoms with Gasteiger partial charge in [-0.1, -0.05) is 6.07 Å². The maximum Gasteiger partial charge on any atom is 0.413 e. The number of aromatic nitrogens is 1. The van der Waals surface area contributed by atoms with Crippen molar-refractivity contribution in [2.45, 2.75) is 39.0 Å². The van der Waals surface area contributed by atoms with Crippen LogP contribution in [0.2, 0.25) is 0 Å². The fourth-order valence-corrected chi connectivity index (χ4v) is 2.45. The van der Waals surface area contributed by atoms with Crippen LogP contribution in [0.1, 0.15) is 37.4 Å². The quantitative estimate of drug-likeness (QED) is 0.843. The molecule has 1 aliphatic heterocycles. The first-order chi connectivity index (χ1) is 10.1. The summed E-state index contributed by atoms with van der Waals surface area (Å²) in [7, 11) is 0. The predicted molar refractivity (Wildman–Crippen MR) is 77.5 cm³/mol. The van der Waals surface area contributed by atoms with Gasteiger partial charge in [-0.05, 0) is 44.2 Å². The van der Waals surface area contributed by atoms with Gasteiger partial charge < -0.3 is 9.84 Å². The van der Waals surface area contributed by atoms with Crippen LogP contribution in [-0.2, 0) is 22.4 Å². The van der Waals surface area contributed by atoms with Crippen LogP contribution in [-0.4, -0.2) is 35.3 Å². The second-order valence-corrected chi connectivity index (χ2v) is 4.98. The van der Waals surface area contributed by atoms with E-state index >= 15 is 0 Å². The van der Waals surface area contributed by atoms with Crippen molar-refractivity contribution in [3.8, 4) is 0 Å². The Kier molecular flexibility index (Phi) is 5.14. The number of carbonyl (C=O) groups is 2. The average molecular weight is 292 g/mol. The highest BCUT2D eigenvalue weighted by Crippen LogP contribution is 2.25. The predicted octanol–water partition coefficient (Wildman–Crippen LogP) is 2.40. The number of amides is 1. The van der Waals surface area contributed by atoms with Crippen molar-refractivity contribution < 1.29 is 19.4 Å². The number of hydrogen-bond donors (Lipinski definition) is 1. The minimum absolute atomic E-state index is 0.206. The summed E-state index contributed by atoms with van der Waals surface area (Å²) >= 11 is 0. The lowest BCUT2D eigenvalue weighted by molar-refractivity contribution is -0.143. The number of aryl methyl sites for hydroxylation is 2. The summed E-state index contributed by atoms with van der Waals surface area (Å²) in [5.74, 6) is 0.338. The number of anilines is 1. The zero-order valence-corrected chi connectivity index (χ0v) is 12.2. The van der Waals surface area contributed by atoms with Crippen molar-refractivity contribution >= 4 is 17.9 Å². The first kappa shape index (κ1) is 15.3. The van der Waals surface area contributed by atoms with E-state index in [1.165, 1.54) is 4.90 Å². The number of nitrogens with zero attached hydrogens (tertiary/aromatic N) is 2. The Bertz CT molecular complexity index is 530. The van der Waals surface area contributed by atoms with E-state index in [0.29, 0.717) is 38.2 Å². The molecular formula is C15H20N2O4. The molecule has 2 rings (SSSR count). The zero-order valence-electron chi connectivity index (χ0n) is 12.2. The number of ether oxygens (including phenoxy) is 1. The topological polar surface area (TPSA) is 79.7 Å². The molecule has 0 saturated carbocycles. The third-order valence-electron chi connectivity index (χ3n) is 3.45. The number of rotatable bonds is 5. The van der Waals surface area contributed by atoms with Gasteiger partial charge in [0, 0.05) is 18.7 Å². The summed E-state index contributed by atoms with van der Waals surface area (Å²) in [6, 6.07) is 3.85. The molecule has 0 bridgehead atoms. The summed E-state index contributed by atoms with van der Waals surface area (Å²) in [5, 5.41) is 9.21. The summed E-state index contributed by atoms with van der Waals surface area (Å²) < 4.78 is 4.87. The van der Waals surface area contributed by atoms with Gasteiger partial charge in [0.2, 0.25) is 0 Å². The highest BCUT2D eigenvalue weighted by molar-refractivity contribution is 5.86. The van der Waals surface area contributed by atoms with Gasteiger partial charge >= 0.3 is 12.1 Å². The molecule has 21 heavy (non-hydrogen) atoms. The molecule has 6 nitrogen and oxygen atoms in total. The van der Waals surface area contributed by atoms with E-state index in [2.05, 4.69) is 4.98 Å². The molecule has 1 aliphatic rings. The Balaban J connectivity index is 2.01. The molecule has 0 fully saturated rings. The van der Waals surface area contributed by atoms with Gasteiger partial charge in [-0.25, -0.2) is 9.78 Å². The number of pyridine rings is 1. The minimum atomic E-state index is -0.966. The lowest BCUT2D eigenvalue weighted by atomic mass is 10.0. The number of fused-ring (bicyclic) bond motifs is 1. The van der Waals surface area contributed by atoms with Crippen LogP contribution >= 0.6 is 0 Å². The van der Waals surface area contributed by atoms with Crippen LogP contribution in [0.3, 0.4) is 0 Å². The molecule has 0 aliphatic carbocycles. The van der Waals surface area contributed by atoms with E-state index in [0.717, 1.165) is 24.1 Å². The molecule has 0 atom stereocenters. The molecule has 1 aromatic heterocycles. The fourth-order valence-electron chi connectivity index (χ4n) is 2.45. The van der Waals surface area contributed by atoms with Crippen LogP contribution in [0.25, 0.3) is 0 Å². The summed E-state index contributed by atoms with van der Waals surface area (Å²) in [5.41, 5.74) is 1.78. The Labute approximate surface area is 123 Å². The summed E-state index contributed by atoms with van der Waals surface area (Å²) in [4.78, 5) is 28.3. The largest absolute Gasteiger partial charge is 0.466 e. The standard InChI is InChI=1S/C15H20N2O4/c1-2-21-13(18)7-3-6-12-9-8-11-5-4-10-17(15(19)20)14(11)16-12/h8-9H,2-7,10H2,1H3,(H,19,20). The maximum atomic E-state index is 11.3. The van der Waals surface area contributed by atoms with Crippen molar-refractivity contribution in [3.05, 3.63) is 23.4 Å². The van der Waals surface area contributed by atoms with Crippen LogP contribution in [0.15, 0.2) is 12.1 Å². The number of esters is 1. The van der Waals surface area contributed by atoms with E-state index in [4.69, 9.17) is 4.74 Å². The lowest BCUT2D eigenvalue weighted by Gasteiger charge is -2.26. The Morgan fingerprint density at radius 2 is 2.24 bits per heavy atom. The molecule has 0 unspecified atom stereocenters. The monoisotopic (exact) mass is 292 g/mol. The molecule has 0 saturated heterocycles. The lowest BCUT2D eigenvalue weighted by Crippen LogP contribution is -2.35. The Morgan fingerprint density at radius 1 is 1.43 bits per heavy atom. The van der Waals surface area contributed by atoms with E-state index in [1.807, 2.05) is 12.1 Å². The van der Waals surface area contributed by atoms with Crippen LogP contribution in [0, 0.1) is 0 Å². The Morgan fingerprint density at radius 3 is 2.95 bits per heavy atom. The number of carboxylic acid groups (broad SMARTS) is 1. The van der Waals surface area contributed by atoms with Crippen LogP contribution < -0.4 is 4.90 Å². The van der Waals surface area contributed by atoms with E-state index in [-0.39, 0.29) is 5.97 Å². The second kappa shape index (κ2) is 7.06. The van der Waals surface area contributed by atoms with Crippen molar-refractivity contribution in [1.29, 1.82) is 0 Å². The van der Waals surface area contributed by atoms with Gasteiger partial charge in [0.1, 0.15) is 5.82 Å². The van der Waals surface area contributed by atoms with Crippen LogP contribution in [0.5, 0.6) is 0 Å². The first-order valence-corrected chi connectivity index (χ1v) is 7.26. The Hall–Kier alpha value is -2.11. The molecule has 0 spiro atoms. The highest BCUT2D eigenvalue weighted by atomic mass is 16.5. The minimum Gasteiger partial charge on any atom is -0.466 e. The van der Waals surface area contributed by atoms with E-state index in [9.17, 15) is 14.7 Å². The SMILES string of the molecule is CCOC(=O)CCCc1ccc2c(n1)N(C(=O)O)CCC2. The van der Waals surface area contributed by atoms with E-state index in [1.54, 1.807) is 6.92 Å². The van der Waals surface area contributed by atoms with Crippen molar-refractivity contribution in [2.75, 3.05) is 18.1 Å². The second-order valence-electron chi connectivity index (χ2n) is 4.98.